The second kappa shape index (κ2) is 11.4. The molecule has 0 spiro atoms. The number of benzene rings is 3. The molecule has 0 N–H and O–H groups in total. The van der Waals surface area contributed by atoms with Crippen molar-refractivity contribution < 1.29 is 13.2 Å². The van der Waals surface area contributed by atoms with Crippen molar-refractivity contribution in [2.24, 2.45) is 0 Å². The smallest absolute Gasteiger partial charge is 0.255 e. The molecular formula is C29H33N3O3S2. The summed E-state index contributed by atoms with van der Waals surface area (Å²) in [6, 6.07) is 25.8. The van der Waals surface area contributed by atoms with Crippen LogP contribution in [0.3, 0.4) is 0 Å². The Hall–Kier alpha value is -2.65. The van der Waals surface area contributed by atoms with E-state index in [1.807, 2.05) is 47.6 Å². The van der Waals surface area contributed by atoms with Crippen molar-refractivity contribution >= 4 is 27.7 Å². The molecule has 3 aromatic rings. The molecule has 8 heteroatoms. The minimum Gasteiger partial charge on any atom is -0.339 e. The molecule has 0 aromatic heterocycles. The van der Waals surface area contributed by atoms with Crippen LogP contribution in [0, 0.1) is 0 Å². The SMILES string of the molecule is CSc1ccc(S(=O)(=O)N2CCN(C(c3ccccc3)c3ccccc3)CC2)cc1C(=O)N1CCCC1. The van der Waals surface area contributed by atoms with Gasteiger partial charge in [-0.15, -0.1) is 11.8 Å². The summed E-state index contributed by atoms with van der Waals surface area (Å²) in [5.74, 6) is -0.0720. The van der Waals surface area contributed by atoms with Gasteiger partial charge < -0.3 is 4.90 Å². The number of amides is 1. The molecule has 37 heavy (non-hydrogen) atoms. The van der Waals surface area contributed by atoms with E-state index in [1.54, 1.807) is 22.5 Å². The normalized spacial score (nSPS) is 17.4. The maximum Gasteiger partial charge on any atom is 0.255 e. The van der Waals surface area contributed by atoms with Gasteiger partial charge >= 0.3 is 0 Å². The van der Waals surface area contributed by atoms with Crippen LogP contribution in [0.4, 0.5) is 0 Å². The van der Waals surface area contributed by atoms with Gasteiger partial charge in [-0.05, 0) is 48.4 Å². The molecule has 6 nitrogen and oxygen atoms in total. The van der Waals surface area contributed by atoms with E-state index in [4.69, 9.17) is 0 Å². The molecule has 2 heterocycles. The average molecular weight is 536 g/mol. The Morgan fingerprint density at radius 3 is 1.89 bits per heavy atom. The second-order valence-corrected chi connectivity index (χ2v) is 12.3. The molecule has 0 bridgehead atoms. The molecule has 2 fully saturated rings. The Kier molecular flexibility index (Phi) is 8.00. The third-order valence-corrected chi connectivity index (χ3v) is 9.99. The van der Waals surface area contributed by atoms with Gasteiger partial charge in [0.25, 0.3) is 5.91 Å². The van der Waals surface area contributed by atoms with Gasteiger partial charge in [0.1, 0.15) is 0 Å². The van der Waals surface area contributed by atoms with E-state index in [2.05, 4.69) is 29.2 Å². The van der Waals surface area contributed by atoms with Gasteiger partial charge in [-0.25, -0.2) is 8.42 Å². The monoisotopic (exact) mass is 535 g/mol. The fraction of sp³-hybridized carbons (Fsp3) is 0.345. The molecule has 5 rings (SSSR count). The predicted octanol–water partition coefficient (Wildman–Crippen LogP) is 4.74. The fourth-order valence-corrected chi connectivity index (χ4v) is 7.36. The third kappa shape index (κ3) is 5.48. The maximum atomic E-state index is 13.7. The van der Waals surface area contributed by atoms with Crippen LogP contribution in [0.1, 0.15) is 40.4 Å². The number of hydrogen-bond donors (Lipinski definition) is 0. The van der Waals surface area contributed by atoms with Crippen LogP contribution >= 0.6 is 11.8 Å². The van der Waals surface area contributed by atoms with Crippen LogP contribution in [-0.4, -0.2) is 74.0 Å². The van der Waals surface area contributed by atoms with E-state index in [-0.39, 0.29) is 16.8 Å². The molecule has 194 valence electrons. The third-order valence-electron chi connectivity index (χ3n) is 7.30. The van der Waals surface area contributed by atoms with E-state index < -0.39 is 10.0 Å². The Bertz CT molecular complexity index is 1280. The maximum absolute atomic E-state index is 13.7. The molecular weight excluding hydrogens is 502 g/mol. The van der Waals surface area contributed by atoms with Gasteiger partial charge in [-0.3, -0.25) is 9.69 Å². The summed E-state index contributed by atoms with van der Waals surface area (Å²) < 4.78 is 28.9. The first kappa shape index (κ1) is 26.0. The summed E-state index contributed by atoms with van der Waals surface area (Å²) in [6.45, 7) is 3.51. The van der Waals surface area contributed by atoms with E-state index in [0.717, 1.165) is 30.8 Å². The quantitative estimate of drug-likeness (QED) is 0.409. The number of rotatable bonds is 7. The number of nitrogens with zero attached hydrogens (tertiary/aromatic N) is 3. The molecule has 0 saturated carbocycles. The van der Waals surface area contributed by atoms with Crippen molar-refractivity contribution in [3.8, 4) is 0 Å². The van der Waals surface area contributed by atoms with E-state index in [1.165, 1.54) is 22.9 Å². The van der Waals surface area contributed by atoms with Gasteiger partial charge in [0.15, 0.2) is 0 Å². The highest BCUT2D eigenvalue weighted by molar-refractivity contribution is 7.98. The number of carbonyl (C=O) groups is 1. The lowest BCUT2D eigenvalue weighted by Gasteiger charge is -2.39. The summed E-state index contributed by atoms with van der Waals surface area (Å²) in [5.41, 5.74) is 2.88. The topological polar surface area (TPSA) is 60.9 Å². The zero-order valence-corrected chi connectivity index (χ0v) is 22.8. The Morgan fingerprint density at radius 2 is 1.35 bits per heavy atom. The molecule has 2 saturated heterocycles. The van der Waals surface area contributed by atoms with Crippen molar-refractivity contribution in [1.82, 2.24) is 14.1 Å². The lowest BCUT2D eigenvalue weighted by molar-refractivity contribution is 0.0789. The molecule has 0 atom stereocenters. The Balaban J connectivity index is 1.36. The lowest BCUT2D eigenvalue weighted by atomic mass is 9.96. The number of likely N-dealkylation sites (tertiary alicyclic amines) is 1. The lowest BCUT2D eigenvalue weighted by Crippen LogP contribution is -2.49. The molecule has 3 aromatic carbocycles. The fourth-order valence-electron chi connectivity index (χ4n) is 5.34. The van der Waals surface area contributed by atoms with Crippen molar-refractivity contribution in [1.29, 1.82) is 0 Å². The zero-order chi connectivity index (χ0) is 25.8. The van der Waals surface area contributed by atoms with Crippen molar-refractivity contribution in [3.63, 3.8) is 0 Å². The number of hydrogen-bond acceptors (Lipinski definition) is 5. The molecule has 0 radical (unpaired) electrons. The molecule has 0 unspecified atom stereocenters. The second-order valence-electron chi connectivity index (χ2n) is 9.53. The van der Waals surface area contributed by atoms with Gasteiger partial charge in [0, 0.05) is 44.2 Å². The Labute approximate surface area is 224 Å². The predicted molar refractivity (Wildman–Crippen MR) is 148 cm³/mol. The summed E-state index contributed by atoms with van der Waals surface area (Å²) >= 11 is 1.47. The largest absolute Gasteiger partial charge is 0.339 e. The van der Waals surface area contributed by atoms with Crippen molar-refractivity contribution in [3.05, 3.63) is 95.6 Å². The number of carbonyl (C=O) groups excluding carboxylic acids is 1. The molecule has 1 amide bonds. The highest BCUT2D eigenvalue weighted by Gasteiger charge is 2.33. The summed E-state index contributed by atoms with van der Waals surface area (Å²) in [4.78, 5) is 18.4. The van der Waals surface area contributed by atoms with Crippen LogP contribution < -0.4 is 0 Å². The molecule has 2 aliphatic rings. The first-order valence-corrected chi connectivity index (χ1v) is 15.5. The number of sulfonamides is 1. The van der Waals surface area contributed by atoms with Crippen LogP contribution in [0.15, 0.2) is 88.7 Å². The van der Waals surface area contributed by atoms with E-state index in [0.29, 0.717) is 31.7 Å². The first-order valence-electron chi connectivity index (χ1n) is 12.8. The van der Waals surface area contributed by atoms with Crippen LogP contribution in [0.5, 0.6) is 0 Å². The van der Waals surface area contributed by atoms with E-state index in [9.17, 15) is 13.2 Å². The average Bonchev–Trinajstić information content (AvgIpc) is 3.49. The van der Waals surface area contributed by atoms with Gasteiger partial charge in [-0.1, -0.05) is 60.7 Å². The summed E-state index contributed by atoms with van der Waals surface area (Å²) in [6.07, 6.45) is 3.91. The summed E-state index contributed by atoms with van der Waals surface area (Å²) in [7, 11) is -3.72. The minimum absolute atomic E-state index is 0.0674. The van der Waals surface area contributed by atoms with Gasteiger partial charge in [-0.2, -0.15) is 4.31 Å². The standard InChI is InChI=1S/C29H33N3O3S2/c1-36-27-15-14-25(22-26(27)29(33)31-16-8-9-17-31)37(34,35)32-20-18-30(19-21-32)28(23-10-4-2-5-11-23)24-12-6-3-7-13-24/h2-7,10-15,22,28H,8-9,16-21H2,1H3. The minimum atomic E-state index is -3.72. The molecule has 2 aliphatic heterocycles. The van der Waals surface area contributed by atoms with Gasteiger partial charge in [0.05, 0.1) is 16.5 Å². The van der Waals surface area contributed by atoms with Crippen LogP contribution in [-0.2, 0) is 10.0 Å². The van der Waals surface area contributed by atoms with E-state index >= 15 is 0 Å². The zero-order valence-electron chi connectivity index (χ0n) is 21.1. The van der Waals surface area contributed by atoms with Crippen molar-refractivity contribution in [2.45, 2.75) is 28.7 Å². The van der Waals surface area contributed by atoms with Crippen LogP contribution in [0.25, 0.3) is 0 Å². The number of piperazine rings is 1. The highest BCUT2D eigenvalue weighted by atomic mass is 32.2. The van der Waals surface area contributed by atoms with Crippen LogP contribution in [0.2, 0.25) is 0 Å². The highest BCUT2D eigenvalue weighted by Crippen LogP contribution is 2.32. The molecule has 0 aliphatic carbocycles. The Morgan fingerprint density at radius 1 is 0.784 bits per heavy atom. The van der Waals surface area contributed by atoms with Crippen molar-refractivity contribution in [2.75, 3.05) is 45.5 Å². The summed E-state index contributed by atoms with van der Waals surface area (Å²) in [5, 5.41) is 0. The first-order chi connectivity index (χ1) is 18.0. The number of thioether (sulfide) groups is 1. The van der Waals surface area contributed by atoms with Gasteiger partial charge in [0.2, 0.25) is 10.0 Å².